The number of hydrogen-bond acceptors (Lipinski definition) is 3. The molecular weight excluding hydrogens is 252 g/mol. The third kappa shape index (κ3) is 7.73. The van der Waals surface area contributed by atoms with Crippen LogP contribution in [0.1, 0.15) is 72.6 Å². The fourth-order valence-corrected chi connectivity index (χ4v) is 2.41. The largest absolute Gasteiger partial charge is 0.444 e. The number of hydrogen-bond donors (Lipinski definition) is 2. The molecule has 1 rings (SSSR count). The van der Waals surface area contributed by atoms with Crippen LogP contribution in [0.4, 0.5) is 4.79 Å². The van der Waals surface area contributed by atoms with Gasteiger partial charge in [0.25, 0.3) is 0 Å². The highest BCUT2D eigenvalue weighted by molar-refractivity contribution is 5.68. The molecule has 0 saturated heterocycles. The second-order valence-corrected chi connectivity index (χ2v) is 6.88. The van der Waals surface area contributed by atoms with Crippen molar-refractivity contribution in [2.75, 3.05) is 6.54 Å². The van der Waals surface area contributed by atoms with Gasteiger partial charge in [-0.3, -0.25) is 0 Å². The molecule has 0 atom stereocenters. The van der Waals surface area contributed by atoms with Crippen molar-refractivity contribution >= 4 is 6.09 Å². The first-order chi connectivity index (χ1) is 9.40. The Balaban J connectivity index is 1.96. The molecule has 20 heavy (non-hydrogen) atoms. The van der Waals surface area contributed by atoms with Gasteiger partial charge in [-0.05, 0) is 46.6 Å². The van der Waals surface area contributed by atoms with Gasteiger partial charge in [-0.1, -0.05) is 32.6 Å². The van der Waals surface area contributed by atoms with E-state index in [2.05, 4.69) is 17.6 Å². The summed E-state index contributed by atoms with van der Waals surface area (Å²) in [5, 5.41) is 6.48. The van der Waals surface area contributed by atoms with Gasteiger partial charge >= 0.3 is 6.09 Å². The summed E-state index contributed by atoms with van der Waals surface area (Å²) in [7, 11) is 0. The number of alkyl carbamates (subject to hydrolysis) is 1. The Labute approximate surface area is 124 Å². The zero-order chi connectivity index (χ0) is 15.0. The maximum Gasteiger partial charge on any atom is 0.407 e. The van der Waals surface area contributed by atoms with Gasteiger partial charge < -0.3 is 15.4 Å². The third-order valence-corrected chi connectivity index (χ3v) is 3.57. The van der Waals surface area contributed by atoms with Gasteiger partial charge in [0.1, 0.15) is 5.60 Å². The summed E-state index contributed by atoms with van der Waals surface area (Å²) < 4.78 is 5.24. The summed E-state index contributed by atoms with van der Waals surface area (Å²) in [4.78, 5) is 11.6. The topological polar surface area (TPSA) is 50.4 Å². The molecule has 0 aliphatic heterocycles. The minimum atomic E-state index is -0.413. The van der Waals surface area contributed by atoms with Crippen molar-refractivity contribution in [3.8, 4) is 0 Å². The van der Waals surface area contributed by atoms with Crippen molar-refractivity contribution in [1.29, 1.82) is 0 Å². The first kappa shape index (κ1) is 17.3. The van der Waals surface area contributed by atoms with Crippen LogP contribution in [0.5, 0.6) is 0 Å². The Kier molecular flexibility index (Phi) is 7.35. The Morgan fingerprint density at radius 2 is 1.75 bits per heavy atom. The van der Waals surface area contributed by atoms with Crippen molar-refractivity contribution in [2.45, 2.75) is 90.3 Å². The maximum absolute atomic E-state index is 11.6. The number of rotatable bonds is 8. The predicted molar refractivity (Wildman–Crippen MR) is 82.9 cm³/mol. The molecule has 4 nitrogen and oxygen atoms in total. The van der Waals surface area contributed by atoms with Crippen LogP contribution in [-0.2, 0) is 4.74 Å². The van der Waals surface area contributed by atoms with Crippen molar-refractivity contribution in [1.82, 2.24) is 10.6 Å². The second-order valence-electron chi connectivity index (χ2n) is 6.88. The van der Waals surface area contributed by atoms with Crippen molar-refractivity contribution in [3.05, 3.63) is 0 Å². The lowest BCUT2D eigenvalue weighted by Gasteiger charge is -2.36. The average Bonchev–Trinajstić information content (AvgIpc) is 2.27. The van der Waals surface area contributed by atoms with Crippen LogP contribution in [0.15, 0.2) is 0 Å². The zero-order valence-corrected chi connectivity index (χ0v) is 13.6. The summed E-state index contributed by atoms with van der Waals surface area (Å²) in [6.45, 7) is 9.00. The molecule has 0 unspecified atom stereocenters. The van der Waals surface area contributed by atoms with E-state index >= 15 is 0 Å². The number of unbranched alkanes of at least 4 members (excludes halogenated alkanes) is 4. The number of amides is 1. The molecule has 0 heterocycles. The molecular formula is C16H32N2O2. The summed E-state index contributed by atoms with van der Waals surface area (Å²) in [5.41, 5.74) is -0.413. The molecule has 0 bridgehead atoms. The highest BCUT2D eigenvalue weighted by Crippen LogP contribution is 2.20. The summed E-state index contributed by atoms with van der Waals surface area (Å²) in [6, 6.07) is 0.851. The molecule has 1 aliphatic rings. The summed E-state index contributed by atoms with van der Waals surface area (Å²) in [5.74, 6) is 0. The van der Waals surface area contributed by atoms with Gasteiger partial charge in [0.15, 0.2) is 0 Å². The van der Waals surface area contributed by atoms with E-state index in [4.69, 9.17) is 4.74 Å². The highest BCUT2D eigenvalue weighted by Gasteiger charge is 2.30. The van der Waals surface area contributed by atoms with Gasteiger partial charge in [-0.15, -0.1) is 0 Å². The lowest BCUT2D eigenvalue weighted by molar-refractivity contribution is 0.0465. The number of ether oxygens (including phenoxy) is 1. The Morgan fingerprint density at radius 3 is 2.35 bits per heavy atom. The summed E-state index contributed by atoms with van der Waals surface area (Å²) in [6.07, 6.45) is 8.35. The van der Waals surface area contributed by atoms with E-state index in [9.17, 15) is 4.79 Å². The summed E-state index contributed by atoms with van der Waals surface area (Å²) >= 11 is 0. The van der Waals surface area contributed by atoms with E-state index in [1.807, 2.05) is 20.8 Å². The molecule has 0 aromatic rings. The molecule has 0 aromatic carbocycles. The fourth-order valence-electron chi connectivity index (χ4n) is 2.41. The van der Waals surface area contributed by atoms with Crippen LogP contribution in [0.3, 0.4) is 0 Å². The minimum Gasteiger partial charge on any atom is -0.444 e. The first-order valence-electron chi connectivity index (χ1n) is 8.13. The SMILES string of the molecule is CCCCCCCNC1CC(NC(=O)OC(C)(C)C)C1. The lowest BCUT2D eigenvalue weighted by Crippen LogP contribution is -2.53. The van der Waals surface area contributed by atoms with Gasteiger partial charge in [-0.2, -0.15) is 0 Å². The van der Waals surface area contributed by atoms with Crippen molar-refractivity contribution in [2.24, 2.45) is 0 Å². The molecule has 0 radical (unpaired) electrons. The van der Waals surface area contributed by atoms with Crippen LogP contribution in [0.25, 0.3) is 0 Å². The molecule has 118 valence electrons. The smallest absolute Gasteiger partial charge is 0.407 e. The average molecular weight is 284 g/mol. The van der Waals surface area contributed by atoms with E-state index in [1.165, 1.54) is 32.1 Å². The molecule has 0 aromatic heterocycles. The molecule has 1 fully saturated rings. The van der Waals surface area contributed by atoms with Crippen molar-refractivity contribution < 1.29 is 9.53 Å². The first-order valence-corrected chi connectivity index (χ1v) is 8.13. The van der Waals surface area contributed by atoms with Crippen molar-refractivity contribution in [3.63, 3.8) is 0 Å². The second kappa shape index (κ2) is 8.50. The van der Waals surface area contributed by atoms with E-state index in [-0.39, 0.29) is 12.1 Å². The van der Waals surface area contributed by atoms with Gasteiger partial charge in [0.05, 0.1) is 0 Å². The monoisotopic (exact) mass is 284 g/mol. The van der Waals surface area contributed by atoms with Gasteiger partial charge in [0.2, 0.25) is 0 Å². The fraction of sp³-hybridized carbons (Fsp3) is 0.938. The van der Waals surface area contributed by atoms with Crippen LogP contribution < -0.4 is 10.6 Å². The minimum absolute atomic E-state index is 0.280. The van der Waals surface area contributed by atoms with E-state index in [0.717, 1.165) is 19.4 Å². The van der Waals surface area contributed by atoms with E-state index in [0.29, 0.717) is 6.04 Å². The molecule has 1 aliphatic carbocycles. The zero-order valence-electron chi connectivity index (χ0n) is 13.6. The molecule has 1 saturated carbocycles. The standard InChI is InChI=1S/C16H32N2O2/c1-5-6-7-8-9-10-17-13-11-14(12-13)18-15(19)20-16(2,3)4/h13-14,17H,5-12H2,1-4H3,(H,18,19). The number of carbonyl (C=O) groups excluding carboxylic acids is 1. The van der Waals surface area contributed by atoms with Crippen LogP contribution in [-0.4, -0.2) is 30.3 Å². The van der Waals surface area contributed by atoms with Crippen LogP contribution in [0, 0.1) is 0 Å². The predicted octanol–water partition coefficient (Wildman–Crippen LogP) is 3.60. The van der Waals surface area contributed by atoms with E-state index < -0.39 is 5.60 Å². The molecule has 1 amide bonds. The normalized spacial score (nSPS) is 22.2. The number of carbonyl (C=O) groups is 1. The maximum atomic E-state index is 11.6. The molecule has 0 spiro atoms. The van der Waals surface area contributed by atoms with Gasteiger partial charge in [0, 0.05) is 12.1 Å². The Morgan fingerprint density at radius 1 is 1.10 bits per heavy atom. The quantitative estimate of drug-likeness (QED) is 0.670. The molecule has 2 N–H and O–H groups in total. The highest BCUT2D eigenvalue weighted by atomic mass is 16.6. The number of nitrogens with one attached hydrogen (secondary N) is 2. The van der Waals surface area contributed by atoms with Crippen LogP contribution >= 0.6 is 0 Å². The van der Waals surface area contributed by atoms with E-state index in [1.54, 1.807) is 0 Å². The van der Waals surface area contributed by atoms with Crippen LogP contribution in [0.2, 0.25) is 0 Å². The lowest BCUT2D eigenvalue weighted by atomic mass is 9.87. The third-order valence-electron chi connectivity index (χ3n) is 3.57. The van der Waals surface area contributed by atoms with Gasteiger partial charge in [-0.25, -0.2) is 4.79 Å². The Hall–Kier alpha value is -0.770. The Bertz CT molecular complexity index is 281. The molecule has 4 heteroatoms.